The largest absolute Gasteiger partial charge is 0.456 e. The second kappa shape index (κ2) is 8.30. The van der Waals surface area contributed by atoms with Gasteiger partial charge in [0.05, 0.1) is 11.0 Å². The summed E-state index contributed by atoms with van der Waals surface area (Å²) in [4.78, 5) is 8.98. The van der Waals surface area contributed by atoms with Crippen LogP contribution < -0.4 is 0 Å². The minimum absolute atomic E-state index is 0.799. The Kier molecular flexibility index (Phi) is 4.39. The average molecular weight is 552 g/mol. The second-order valence-corrected chi connectivity index (χ2v) is 11.1. The van der Waals surface area contributed by atoms with E-state index in [2.05, 4.69) is 101 Å². The summed E-state index contributed by atoms with van der Waals surface area (Å²) in [5, 5.41) is 7.67. The number of hydrogen-bond acceptors (Lipinski definition) is 4. The Hall–Kier alpha value is -5.94. The van der Waals surface area contributed by atoms with E-state index in [0.29, 0.717) is 0 Å². The molecule has 5 aromatic heterocycles. The van der Waals surface area contributed by atoms with E-state index >= 15 is 0 Å². The molecule has 0 atom stereocenters. The predicted molar refractivity (Wildman–Crippen MR) is 174 cm³/mol. The number of aromatic nitrogens is 3. The maximum absolute atomic E-state index is 6.29. The van der Waals surface area contributed by atoms with Gasteiger partial charge in [-0.2, -0.15) is 0 Å². The van der Waals surface area contributed by atoms with E-state index in [9.17, 15) is 0 Å². The summed E-state index contributed by atoms with van der Waals surface area (Å²) < 4.78 is 14.8. The summed E-state index contributed by atoms with van der Waals surface area (Å²) >= 11 is 0. The highest BCUT2D eigenvalue weighted by Crippen LogP contribution is 2.39. The molecule has 0 aliphatic carbocycles. The third-order valence-electron chi connectivity index (χ3n) is 8.72. The second-order valence-electron chi connectivity index (χ2n) is 11.1. The van der Waals surface area contributed by atoms with Gasteiger partial charge in [0.2, 0.25) is 0 Å². The summed E-state index contributed by atoms with van der Waals surface area (Å²) in [6, 6.07) is 38.4. The van der Waals surface area contributed by atoms with E-state index in [1.165, 1.54) is 16.3 Å². The molecule has 5 heterocycles. The number of benzene rings is 5. The zero-order chi connectivity index (χ0) is 28.1. The van der Waals surface area contributed by atoms with Gasteiger partial charge in [-0.3, -0.25) is 9.97 Å². The van der Waals surface area contributed by atoms with Crippen LogP contribution in [0.2, 0.25) is 0 Å². The third-order valence-corrected chi connectivity index (χ3v) is 8.72. The molecular formula is C38H21N3O2. The zero-order valence-corrected chi connectivity index (χ0v) is 22.8. The van der Waals surface area contributed by atoms with E-state index in [0.717, 1.165) is 77.1 Å². The molecule has 0 aliphatic heterocycles. The van der Waals surface area contributed by atoms with E-state index in [1.54, 1.807) is 6.20 Å². The van der Waals surface area contributed by atoms with Crippen molar-refractivity contribution in [2.24, 2.45) is 0 Å². The summed E-state index contributed by atoms with van der Waals surface area (Å²) in [5.74, 6) is 0. The SMILES string of the molecule is c1ccc2c(c1)oc1ccc(-n3c4ccccc4c4cc(-c5ccc6oc7c8ccncc8cnc7c6c5)ccc43)cc12. The minimum atomic E-state index is 0.799. The maximum atomic E-state index is 6.29. The van der Waals surface area contributed by atoms with Crippen LogP contribution in [-0.2, 0) is 0 Å². The van der Waals surface area contributed by atoms with Gasteiger partial charge in [0.15, 0.2) is 5.58 Å². The zero-order valence-electron chi connectivity index (χ0n) is 22.8. The molecule has 0 unspecified atom stereocenters. The molecule has 10 rings (SSSR count). The number of hydrogen-bond donors (Lipinski definition) is 0. The molecule has 43 heavy (non-hydrogen) atoms. The molecule has 200 valence electrons. The Morgan fingerprint density at radius 3 is 2.21 bits per heavy atom. The smallest absolute Gasteiger partial charge is 0.161 e. The van der Waals surface area contributed by atoms with Gasteiger partial charge < -0.3 is 13.4 Å². The normalized spacial score (nSPS) is 12.2. The van der Waals surface area contributed by atoms with Gasteiger partial charge >= 0.3 is 0 Å². The summed E-state index contributed by atoms with van der Waals surface area (Å²) in [6.07, 6.45) is 5.49. The lowest BCUT2D eigenvalue weighted by Gasteiger charge is -2.09. The lowest BCUT2D eigenvalue weighted by Crippen LogP contribution is -1.93. The van der Waals surface area contributed by atoms with Crippen molar-refractivity contribution in [3.05, 3.63) is 128 Å². The summed E-state index contributed by atoms with van der Waals surface area (Å²) in [7, 11) is 0. The highest BCUT2D eigenvalue weighted by molar-refractivity contribution is 6.14. The van der Waals surface area contributed by atoms with Crippen molar-refractivity contribution < 1.29 is 8.83 Å². The van der Waals surface area contributed by atoms with Crippen molar-refractivity contribution >= 4 is 76.6 Å². The number of para-hydroxylation sites is 2. The van der Waals surface area contributed by atoms with E-state index < -0.39 is 0 Å². The number of nitrogens with zero attached hydrogens (tertiary/aromatic N) is 3. The quantitative estimate of drug-likeness (QED) is 0.214. The fraction of sp³-hybridized carbons (Fsp3) is 0. The first-order valence-corrected chi connectivity index (χ1v) is 14.3. The first kappa shape index (κ1) is 22.7. The molecule has 0 radical (unpaired) electrons. The van der Waals surface area contributed by atoms with Crippen LogP contribution >= 0.6 is 0 Å². The van der Waals surface area contributed by atoms with Crippen molar-refractivity contribution in [2.75, 3.05) is 0 Å². The molecule has 5 heteroatoms. The van der Waals surface area contributed by atoms with E-state index in [4.69, 9.17) is 13.8 Å². The van der Waals surface area contributed by atoms with Crippen molar-refractivity contribution in [3.63, 3.8) is 0 Å². The Balaban J connectivity index is 1.18. The van der Waals surface area contributed by atoms with Gasteiger partial charge in [-0.1, -0.05) is 48.5 Å². The molecule has 0 spiro atoms. The molecule has 0 saturated carbocycles. The fourth-order valence-electron chi connectivity index (χ4n) is 6.71. The molecule has 0 aliphatic rings. The van der Waals surface area contributed by atoms with Crippen LogP contribution in [0.4, 0.5) is 0 Å². The summed E-state index contributed by atoms with van der Waals surface area (Å²) in [6.45, 7) is 0. The van der Waals surface area contributed by atoms with Crippen LogP contribution in [0.1, 0.15) is 0 Å². The van der Waals surface area contributed by atoms with Gasteiger partial charge in [-0.15, -0.1) is 0 Å². The van der Waals surface area contributed by atoms with Gasteiger partial charge in [0.25, 0.3) is 0 Å². The first-order chi connectivity index (χ1) is 21.3. The molecule has 0 bridgehead atoms. The van der Waals surface area contributed by atoms with Crippen molar-refractivity contribution in [1.29, 1.82) is 0 Å². The average Bonchev–Trinajstić information content (AvgIpc) is 3.73. The van der Waals surface area contributed by atoms with Crippen molar-refractivity contribution in [1.82, 2.24) is 14.5 Å². The van der Waals surface area contributed by atoms with Crippen LogP contribution in [0.3, 0.4) is 0 Å². The molecular weight excluding hydrogens is 530 g/mol. The molecule has 0 fully saturated rings. The lowest BCUT2D eigenvalue weighted by molar-refractivity contribution is 0.669. The van der Waals surface area contributed by atoms with Crippen molar-refractivity contribution in [3.8, 4) is 16.8 Å². The molecule has 0 N–H and O–H groups in total. The Morgan fingerprint density at radius 2 is 1.26 bits per heavy atom. The molecule has 0 amide bonds. The Bertz CT molecular complexity index is 2750. The van der Waals surface area contributed by atoms with Crippen LogP contribution in [0.5, 0.6) is 0 Å². The van der Waals surface area contributed by atoms with Gasteiger partial charge in [0, 0.05) is 62.0 Å². The maximum Gasteiger partial charge on any atom is 0.161 e. The molecule has 0 saturated heterocycles. The fourth-order valence-corrected chi connectivity index (χ4v) is 6.71. The van der Waals surface area contributed by atoms with Crippen LogP contribution in [0, 0.1) is 0 Å². The Morgan fingerprint density at radius 1 is 0.512 bits per heavy atom. The van der Waals surface area contributed by atoms with Gasteiger partial charge in [-0.25, -0.2) is 0 Å². The highest BCUT2D eigenvalue weighted by atomic mass is 16.3. The third kappa shape index (κ3) is 3.16. The lowest BCUT2D eigenvalue weighted by atomic mass is 10.0. The monoisotopic (exact) mass is 551 g/mol. The van der Waals surface area contributed by atoms with Crippen LogP contribution in [-0.4, -0.2) is 14.5 Å². The van der Waals surface area contributed by atoms with E-state index in [1.807, 2.05) is 30.6 Å². The summed E-state index contributed by atoms with van der Waals surface area (Å²) in [5.41, 5.74) is 10.0. The molecule has 5 nitrogen and oxygen atoms in total. The Labute approximate surface area is 244 Å². The van der Waals surface area contributed by atoms with Crippen LogP contribution in [0.15, 0.2) is 137 Å². The molecule has 5 aromatic carbocycles. The van der Waals surface area contributed by atoms with Gasteiger partial charge in [0.1, 0.15) is 22.3 Å². The van der Waals surface area contributed by atoms with E-state index in [-0.39, 0.29) is 0 Å². The highest BCUT2D eigenvalue weighted by Gasteiger charge is 2.17. The number of fused-ring (bicyclic) bond motifs is 11. The minimum Gasteiger partial charge on any atom is -0.456 e. The molecule has 10 aromatic rings. The number of rotatable bonds is 2. The predicted octanol–water partition coefficient (Wildman–Crippen LogP) is 10.2. The van der Waals surface area contributed by atoms with Crippen molar-refractivity contribution in [2.45, 2.75) is 0 Å². The van der Waals surface area contributed by atoms with Crippen LogP contribution in [0.25, 0.3) is 93.4 Å². The number of furan rings is 2. The first-order valence-electron chi connectivity index (χ1n) is 14.3. The standard InChI is InChI=1S/C38H21N3O2/c1-3-7-32-27(5-1)29-17-22(23-10-13-36-31(18-23)37-38(43-36)26-15-16-39-20-24(26)21-40-37)9-12-33(29)41(32)25-11-14-35-30(19-25)28-6-2-4-8-34(28)42-35/h1-21H. The number of pyridine rings is 2. The topological polar surface area (TPSA) is 57.0 Å². The van der Waals surface area contributed by atoms with Gasteiger partial charge in [-0.05, 0) is 71.8 Å².